The second kappa shape index (κ2) is 37.9. The van der Waals surface area contributed by atoms with Crippen LogP contribution in [0.1, 0.15) is 136 Å². The van der Waals surface area contributed by atoms with Crippen molar-refractivity contribution < 1.29 is 52.9 Å². The van der Waals surface area contributed by atoms with Crippen molar-refractivity contribution in [1.29, 1.82) is 0 Å². The van der Waals surface area contributed by atoms with Gasteiger partial charge in [0.25, 0.3) is 0 Å². The topological polar surface area (TPSA) is 195 Å². The SMILES string of the molecule is CC/C=C\C[C@@H](O)/C=C/C=C/C=C\C=C/[C@H](O)[C@@H](O)CCCC(=O)OC[C@H](COP(=O)(O)OCCN)OC(=O)CCCCCCCCC/C=C\CCCCCC. The number of carbonyl (C=O) groups is 2. The molecule has 0 aliphatic rings. The first kappa shape index (κ1) is 53.3. The summed E-state index contributed by atoms with van der Waals surface area (Å²) in [5, 5.41) is 30.3. The predicted octanol–water partition coefficient (Wildman–Crippen LogP) is 8.41. The van der Waals surface area contributed by atoms with E-state index in [9.17, 15) is 34.4 Å². The number of aliphatic hydroxyl groups excluding tert-OH is 3. The van der Waals surface area contributed by atoms with Crippen LogP contribution in [0, 0.1) is 0 Å². The smallest absolute Gasteiger partial charge is 0.462 e. The molecule has 13 heteroatoms. The van der Waals surface area contributed by atoms with E-state index in [4.69, 9.17) is 24.3 Å². The maximum Gasteiger partial charge on any atom is 0.472 e. The molecule has 5 atom stereocenters. The standard InChI is InChI=1S/C43H74NO11P/c1-3-5-7-8-9-10-11-12-13-14-15-16-17-22-26-32-43(49)55-39(37-54-56(50,51)53-35-34-44)36-52-42(48)33-27-31-41(47)40(46)30-25-21-19-18-20-24-29-38(45)28-23-6-4-2/h6,10-11,18-21,23-25,29-30,38-41,45-47H,3-5,7-9,12-17,22,26-28,31-37,44H2,1-2H3,(H,50,51)/b11-10-,20-18+,21-19-,23-6-,29-24+,30-25-/t38-,39-,40+,41+/m1/s1. The van der Waals surface area contributed by atoms with Crippen molar-refractivity contribution in [1.82, 2.24) is 0 Å². The normalized spacial score (nSPS) is 15.8. The number of rotatable bonds is 37. The van der Waals surface area contributed by atoms with Crippen LogP contribution >= 0.6 is 7.82 Å². The minimum atomic E-state index is -4.46. The summed E-state index contributed by atoms with van der Waals surface area (Å²) >= 11 is 0. The highest BCUT2D eigenvalue weighted by Gasteiger charge is 2.26. The number of phosphoric ester groups is 1. The largest absolute Gasteiger partial charge is 0.472 e. The van der Waals surface area contributed by atoms with Crippen LogP contribution in [0.3, 0.4) is 0 Å². The third-order valence-corrected chi connectivity index (χ3v) is 9.40. The van der Waals surface area contributed by atoms with Crippen LogP contribution in [0.4, 0.5) is 0 Å². The number of aliphatic hydroxyl groups is 3. The van der Waals surface area contributed by atoms with Gasteiger partial charge in [0, 0.05) is 19.4 Å². The molecule has 0 rings (SSSR count). The lowest BCUT2D eigenvalue weighted by Crippen LogP contribution is -2.30. The first-order chi connectivity index (χ1) is 27.0. The van der Waals surface area contributed by atoms with E-state index in [1.54, 1.807) is 42.5 Å². The Morgan fingerprint density at radius 3 is 1.91 bits per heavy atom. The van der Waals surface area contributed by atoms with Crippen LogP contribution in [0.15, 0.2) is 72.9 Å². The van der Waals surface area contributed by atoms with Crippen LogP contribution < -0.4 is 5.73 Å². The summed E-state index contributed by atoms with van der Waals surface area (Å²) in [6, 6.07) is 0. The Hall–Kier alpha value is -2.67. The molecule has 0 bridgehead atoms. The molecule has 0 saturated carbocycles. The fourth-order valence-electron chi connectivity index (χ4n) is 5.20. The molecular weight excluding hydrogens is 737 g/mol. The molecule has 0 aromatic heterocycles. The van der Waals surface area contributed by atoms with E-state index >= 15 is 0 Å². The lowest BCUT2D eigenvalue weighted by Gasteiger charge is -2.20. The van der Waals surface area contributed by atoms with E-state index < -0.39 is 57.4 Å². The number of carbonyl (C=O) groups excluding carboxylic acids is 2. The molecular formula is C43H74NO11P. The molecule has 0 radical (unpaired) electrons. The van der Waals surface area contributed by atoms with Gasteiger partial charge in [-0.1, -0.05) is 138 Å². The van der Waals surface area contributed by atoms with Crippen molar-refractivity contribution in [2.24, 2.45) is 5.73 Å². The minimum absolute atomic E-state index is 0.000196. The molecule has 56 heavy (non-hydrogen) atoms. The minimum Gasteiger partial charge on any atom is -0.462 e. The molecule has 0 heterocycles. The molecule has 12 nitrogen and oxygen atoms in total. The van der Waals surface area contributed by atoms with Gasteiger partial charge < -0.3 is 35.4 Å². The van der Waals surface area contributed by atoms with Crippen molar-refractivity contribution in [2.45, 2.75) is 160 Å². The zero-order chi connectivity index (χ0) is 41.5. The van der Waals surface area contributed by atoms with Crippen LogP contribution in [0.5, 0.6) is 0 Å². The average molecular weight is 812 g/mol. The van der Waals surface area contributed by atoms with E-state index in [0.29, 0.717) is 12.8 Å². The predicted molar refractivity (Wildman–Crippen MR) is 224 cm³/mol. The summed E-state index contributed by atoms with van der Waals surface area (Å²) in [4.78, 5) is 34.9. The fourth-order valence-corrected chi connectivity index (χ4v) is 5.97. The fraction of sp³-hybridized carbons (Fsp3) is 0.674. The van der Waals surface area contributed by atoms with E-state index in [1.165, 1.54) is 51.0 Å². The molecule has 0 aromatic carbocycles. The molecule has 0 amide bonds. The Labute approximate surface area is 337 Å². The van der Waals surface area contributed by atoms with Gasteiger partial charge in [-0.15, -0.1) is 0 Å². The van der Waals surface area contributed by atoms with E-state index in [2.05, 4.69) is 19.1 Å². The molecule has 1 unspecified atom stereocenters. The van der Waals surface area contributed by atoms with Gasteiger partial charge in [0.2, 0.25) is 0 Å². The van der Waals surface area contributed by atoms with Crippen LogP contribution in [-0.4, -0.2) is 82.9 Å². The second-order valence-corrected chi connectivity index (χ2v) is 15.1. The zero-order valence-corrected chi connectivity index (χ0v) is 35.1. The summed E-state index contributed by atoms with van der Waals surface area (Å²) in [7, 11) is -4.46. The zero-order valence-electron chi connectivity index (χ0n) is 34.2. The van der Waals surface area contributed by atoms with Crippen molar-refractivity contribution >= 4 is 19.8 Å². The van der Waals surface area contributed by atoms with E-state index in [0.717, 1.165) is 38.5 Å². The quantitative estimate of drug-likeness (QED) is 0.0132. The maximum atomic E-state index is 12.6. The molecule has 0 fully saturated rings. The van der Waals surface area contributed by atoms with Gasteiger partial charge >= 0.3 is 19.8 Å². The number of esters is 2. The second-order valence-electron chi connectivity index (χ2n) is 13.7. The molecule has 6 N–H and O–H groups in total. The van der Waals surface area contributed by atoms with Crippen LogP contribution in [-0.2, 0) is 32.7 Å². The van der Waals surface area contributed by atoms with Gasteiger partial charge in [-0.2, -0.15) is 0 Å². The monoisotopic (exact) mass is 811 g/mol. The third-order valence-electron chi connectivity index (χ3n) is 8.42. The summed E-state index contributed by atoms with van der Waals surface area (Å²) in [6.07, 6.45) is 34.5. The number of allylic oxidation sites excluding steroid dienone is 9. The Balaban J connectivity index is 4.54. The number of nitrogens with two attached hydrogens (primary N) is 1. The lowest BCUT2D eigenvalue weighted by molar-refractivity contribution is -0.161. The molecule has 0 saturated heterocycles. The summed E-state index contributed by atoms with van der Waals surface area (Å²) in [5.74, 6) is -1.17. The molecule has 322 valence electrons. The number of phosphoric acid groups is 1. The van der Waals surface area contributed by atoms with Gasteiger partial charge in [0.05, 0.1) is 31.5 Å². The first-order valence-electron chi connectivity index (χ1n) is 20.7. The number of hydrogen-bond donors (Lipinski definition) is 5. The van der Waals surface area contributed by atoms with Gasteiger partial charge in [-0.05, 0) is 57.8 Å². The van der Waals surface area contributed by atoms with Gasteiger partial charge in [0.15, 0.2) is 6.10 Å². The highest BCUT2D eigenvalue weighted by atomic mass is 31.2. The van der Waals surface area contributed by atoms with Gasteiger partial charge in [0.1, 0.15) is 6.61 Å². The molecule has 0 aliphatic heterocycles. The number of unbranched alkanes of at least 4 members (excludes halogenated alkanes) is 11. The third kappa shape index (κ3) is 35.7. The van der Waals surface area contributed by atoms with Gasteiger partial charge in [-0.25, -0.2) is 4.57 Å². The molecule has 0 spiro atoms. The Kier molecular flexibility index (Phi) is 36.1. The number of ether oxygens (including phenoxy) is 2. The Bertz CT molecular complexity index is 1200. The molecule has 0 aromatic rings. The van der Waals surface area contributed by atoms with Crippen molar-refractivity contribution in [3.8, 4) is 0 Å². The highest BCUT2D eigenvalue weighted by Crippen LogP contribution is 2.43. The Morgan fingerprint density at radius 1 is 0.679 bits per heavy atom. The van der Waals surface area contributed by atoms with E-state index in [1.807, 2.05) is 19.1 Å². The maximum absolute atomic E-state index is 12.6. The summed E-state index contributed by atoms with van der Waals surface area (Å²) in [6.45, 7) is 3.10. The first-order valence-corrected chi connectivity index (χ1v) is 22.2. The summed E-state index contributed by atoms with van der Waals surface area (Å²) < 4.78 is 32.5. The van der Waals surface area contributed by atoms with Crippen molar-refractivity contribution in [3.63, 3.8) is 0 Å². The van der Waals surface area contributed by atoms with Crippen LogP contribution in [0.25, 0.3) is 0 Å². The highest BCUT2D eigenvalue weighted by molar-refractivity contribution is 7.47. The van der Waals surface area contributed by atoms with E-state index in [-0.39, 0.29) is 38.8 Å². The van der Waals surface area contributed by atoms with Gasteiger partial charge in [-0.3, -0.25) is 18.6 Å². The molecule has 0 aliphatic carbocycles. The average Bonchev–Trinajstić information content (AvgIpc) is 3.17. The number of hydrogen-bond acceptors (Lipinski definition) is 11. The lowest BCUT2D eigenvalue weighted by atomic mass is 10.1. The summed E-state index contributed by atoms with van der Waals surface area (Å²) in [5.41, 5.74) is 5.32. The van der Waals surface area contributed by atoms with Crippen molar-refractivity contribution in [2.75, 3.05) is 26.4 Å². The Morgan fingerprint density at radius 2 is 1.27 bits per heavy atom. The van der Waals surface area contributed by atoms with Crippen LogP contribution in [0.2, 0.25) is 0 Å². The van der Waals surface area contributed by atoms with Crippen molar-refractivity contribution in [3.05, 3.63) is 72.9 Å².